The van der Waals surface area contributed by atoms with Crippen LogP contribution in [0.1, 0.15) is 37.8 Å². The predicted octanol–water partition coefficient (Wildman–Crippen LogP) is 2.84. The third-order valence-electron chi connectivity index (χ3n) is 2.53. The Kier molecular flexibility index (Phi) is 4.15. The highest BCUT2D eigenvalue weighted by Gasteiger charge is 2.06. The van der Waals surface area contributed by atoms with Crippen molar-refractivity contribution in [1.29, 1.82) is 0 Å². The largest absolute Gasteiger partial charge is 0.489 e. The second kappa shape index (κ2) is 5.17. The van der Waals surface area contributed by atoms with Crippen molar-refractivity contribution in [2.24, 2.45) is 5.73 Å². The zero-order valence-corrected chi connectivity index (χ0v) is 10.1. The number of rotatable bonds is 4. The standard InChI is InChI=1S/C13H21NO/c1-9(2)13-6-5-12(7-10(13)3)15-11(4)8-14/h5-7,9,11H,8,14H2,1-4H3. The van der Waals surface area contributed by atoms with Crippen LogP contribution in [-0.4, -0.2) is 12.6 Å². The lowest BCUT2D eigenvalue weighted by molar-refractivity contribution is 0.229. The summed E-state index contributed by atoms with van der Waals surface area (Å²) in [5.41, 5.74) is 8.17. The molecule has 0 aromatic heterocycles. The van der Waals surface area contributed by atoms with Gasteiger partial charge in [0.15, 0.2) is 0 Å². The molecule has 2 nitrogen and oxygen atoms in total. The Labute approximate surface area is 92.4 Å². The van der Waals surface area contributed by atoms with E-state index in [-0.39, 0.29) is 6.10 Å². The van der Waals surface area contributed by atoms with Gasteiger partial charge in [-0.05, 0) is 43.0 Å². The van der Waals surface area contributed by atoms with Gasteiger partial charge >= 0.3 is 0 Å². The molecule has 1 rings (SSSR count). The van der Waals surface area contributed by atoms with Gasteiger partial charge in [-0.1, -0.05) is 19.9 Å². The fourth-order valence-electron chi connectivity index (χ4n) is 1.65. The number of ether oxygens (including phenoxy) is 1. The lowest BCUT2D eigenvalue weighted by atomic mass is 9.98. The maximum atomic E-state index is 5.65. The van der Waals surface area contributed by atoms with E-state index in [1.807, 2.05) is 13.0 Å². The molecule has 1 atom stereocenters. The summed E-state index contributed by atoms with van der Waals surface area (Å²) in [5, 5.41) is 0. The Morgan fingerprint density at radius 3 is 2.40 bits per heavy atom. The van der Waals surface area contributed by atoms with Gasteiger partial charge in [-0.15, -0.1) is 0 Å². The van der Waals surface area contributed by atoms with Gasteiger partial charge < -0.3 is 10.5 Å². The monoisotopic (exact) mass is 207 g/mol. The average Bonchev–Trinajstić information content (AvgIpc) is 2.17. The summed E-state index contributed by atoms with van der Waals surface area (Å²) in [4.78, 5) is 0. The summed E-state index contributed by atoms with van der Waals surface area (Å²) in [6, 6.07) is 6.24. The molecular weight excluding hydrogens is 186 g/mol. The summed E-state index contributed by atoms with van der Waals surface area (Å²) in [7, 11) is 0. The summed E-state index contributed by atoms with van der Waals surface area (Å²) in [5.74, 6) is 1.47. The Hall–Kier alpha value is -1.02. The molecule has 2 heteroatoms. The Bertz CT molecular complexity index is 320. The minimum atomic E-state index is 0.0781. The van der Waals surface area contributed by atoms with Gasteiger partial charge in [0.1, 0.15) is 11.9 Å². The number of hydrogen-bond acceptors (Lipinski definition) is 2. The third kappa shape index (κ3) is 3.24. The molecule has 15 heavy (non-hydrogen) atoms. The lowest BCUT2D eigenvalue weighted by Gasteiger charge is -2.15. The number of nitrogens with two attached hydrogens (primary N) is 1. The maximum Gasteiger partial charge on any atom is 0.120 e. The Balaban J connectivity index is 2.82. The molecule has 0 spiro atoms. The number of benzene rings is 1. The van der Waals surface area contributed by atoms with Crippen molar-refractivity contribution in [3.05, 3.63) is 29.3 Å². The minimum Gasteiger partial charge on any atom is -0.489 e. The summed E-state index contributed by atoms with van der Waals surface area (Å²) >= 11 is 0. The van der Waals surface area contributed by atoms with E-state index >= 15 is 0 Å². The van der Waals surface area contributed by atoms with Crippen molar-refractivity contribution in [2.75, 3.05) is 6.54 Å². The van der Waals surface area contributed by atoms with Crippen LogP contribution in [0.3, 0.4) is 0 Å². The molecular formula is C13H21NO. The average molecular weight is 207 g/mol. The van der Waals surface area contributed by atoms with E-state index in [1.165, 1.54) is 11.1 Å². The molecule has 1 unspecified atom stereocenters. The van der Waals surface area contributed by atoms with Gasteiger partial charge in [0, 0.05) is 6.54 Å². The molecule has 0 aliphatic heterocycles. The van der Waals surface area contributed by atoms with Crippen molar-refractivity contribution in [3.63, 3.8) is 0 Å². The summed E-state index contributed by atoms with van der Waals surface area (Å²) in [6.07, 6.45) is 0.0781. The molecule has 0 saturated carbocycles. The van der Waals surface area contributed by atoms with E-state index in [0.717, 1.165) is 5.75 Å². The number of aryl methyl sites for hydroxylation is 1. The third-order valence-corrected chi connectivity index (χ3v) is 2.53. The van der Waals surface area contributed by atoms with Gasteiger partial charge in [-0.2, -0.15) is 0 Å². The first-order valence-electron chi connectivity index (χ1n) is 5.52. The molecule has 0 amide bonds. The van der Waals surface area contributed by atoms with Crippen LogP contribution in [0.15, 0.2) is 18.2 Å². The Morgan fingerprint density at radius 1 is 1.27 bits per heavy atom. The molecule has 2 N–H and O–H groups in total. The van der Waals surface area contributed by atoms with Crippen LogP contribution < -0.4 is 10.5 Å². The van der Waals surface area contributed by atoms with Gasteiger partial charge in [0.25, 0.3) is 0 Å². The highest BCUT2D eigenvalue weighted by atomic mass is 16.5. The highest BCUT2D eigenvalue weighted by Crippen LogP contribution is 2.23. The topological polar surface area (TPSA) is 35.2 Å². The predicted molar refractivity (Wildman–Crippen MR) is 64.4 cm³/mol. The first kappa shape index (κ1) is 12.1. The van der Waals surface area contributed by atoms with Crippen LogP contribution >= 0.6 is 0 Å². The van der Waals surface area contributed by atoms with Crippen LogP contribution in [0, 0.1) is 6.92 Å². The fraction of sp³-hybridized carbons (Fsp3) is 0.538. The smallest absolute Gasteiger partial charge is 0.120 e. The van der Waals surface area contributed by atoms with Gasteiger partial charge in [-0.25, -0.2) is 0 Å². The van der Waals surface area contributed by atoms with Crippen LogP contribution in [0.4, 0.5) is 0 Å². The zero-order chi connectivity index (χ0) is 11.4. The van der Waals surface area contributed by atoms with E-state index in [0.29, 0.717) is 12.5 Å². The van der Waals surface area contributed by atoms with E-state index in [9.17, 15) is 0 Å². The molecule has 0 aliphatic rings. The van der Waals surface area contributed by atoms with Crippen LogP contribution in [0.25, 0.3) is 0 Å². The quantitative estimate of drug-likeness (QED) is 0.824. The van der Waals surface area contributed by atoms with Crippen LogP contribution in [0.5, 0.6) is 5.75 Å². The second-order valence-electron chi connectivity index (χ2n) is 4.34. The van der Waals surface area contributed by atoms with Crippen molar-refractivity contribution in [1.82, 2.24) is 0 Å². The van der Waals surface area contributed by atoms with E-state index in [1.54, 1.807) is 0 Å². The van der Waals surface area contributed by atoms with E-state index < -0.39 is 0 Å². The Morgan fingerprint density at radius 2 is 1.93 bits per heavy atom. The molecule has 0 bridgehead atoms. The maximum absolute atomic E-state index is 5.65. The fourth-order valence-corrected chi connectivity index (χ4v) is 1.65. The molecule has 0 fully saturated rings. The highest BCUT2D eigenvalue weighted by molar-refractivity contribution is 5.36. The first-order chi connectivity index (χ1) is 7.04. The first-order valence-corrected chi connectivity index (χ1v) is 5.52. The normalized spacial score (nSPS) is 12.9. The molecule has 0 aliphatic carbocycles. The minimum absolute atomic E-state index is 0.0781. The van der Waals surface area contributed by atoms with Gasteiger partial charge in [-0.3, -0.25) is 0 Å². The van der Waals surface area contributed by atoms with E-state index in [4.69, 9.17) is 10.5 Å². The summed E-state index contributed by atoms with van der Waals surface area (Å²) < 4.78 is 5.65. The SMILES string of the molecule is Cc1cc(OC(C)CN)ccc1C(C)C. The molecule has 0 saturated heterocycles. The molecule has 0 radical (unpaired) electrons. The summed E-state index contributed by atoms with van der Waals surface area (Å²) in [6.45, 7) is 9.04. The molecule has 1 aromatic rings. The molecule has 84 valence electrons. The van der Waals surface area contributed by atoms with Crippen molar-refractivity contribution >= 4 is 0 Å². The van der Waals surface area contributed by atoms with Crippen molar-refractivity contribution < 1.29 is 4.74 Å². The van der Waals surface area contributed by atoms with Gasteiger partial charge in [0.2, 0.25) is 0 Å². The van der Waals surface area contributed by atoms with Crippen molar-refractivity contribution in [2.45, 2.75) is 39.7 Å². The second-order valence-corrected chi connectivity index (χ2v) is 4.34. The molecule has 0 heterocycles. The van der Waals surface area contributed by atoms with Crippen LogP contribution in [0.2, 0.25) is 0 Å². The zero-order valence-electron chi connectivity index (χ0n) is 10.1. The van der Waals surface area contributed by atoms with Gasteiger partial charge in [0.05, 0.1) is 0 Å². The van der Waals surface area contributed by atoms with Crippen LogP contribution in [-0.2, 0) is 0 Å². The van der Waals surface area contributed by atoms with Crippen molar-refractivity contribution in [3.8, 4) is 5.75 Å². The molecule has 1 aromatic carbocycles. The number of hydrogen-bond donors (Lipinski definition) is 1. The lowest BCUT2D eigenvalue weighted by Crippen LogP contribution is -2.22. The van der Waals surface area contributed by atoms with E-state index in [2.05, 4.69) is 32.9 Å².